The van der Waals surface area contributed by atoms with Crippen molar-refractivity contribution in [3.8, 4) is 17.2 Å². The second kappa shape index (κ2) is 8.13. The Morgan fingerprint density at radius 2 is 2.04 bits per heavy atom. The van der Waals surface area contributed by atoms with Crippen LogP contribution in [0.25, 0.3) is 0 Å². The van der Waals surface area contributed by atoms with Gasteiger partial charge in [-0.15, -0.1) is 0 Å². The molecule has 0 saturated heterocycles. The summed E-state index contributed by atoms with van der Waals surface area (Å²) in [4.78, 5) is 12.3. The number of nitrogens with one attached hydrogen (secondary N) is 1. The Labute approximate surface area is 155 Å². The molecule has 27 heavy (non-hydrogen) atoms. The van der Waals surface area contributed by atoms with Crippen LogP contribution in [0.2, 0.25) is 0 Å². The van der Waals surface area contributed by atoms with Crippen LogP contribution in [-0.4, -0.2) is 29.7 Å². The predicted octanol–water partition coefficient (Wildman–Crippen LogP) is 3.57. The minimum absolute atomic E-state index is 0.106. The second-order valence-corrected chi connectivity index (χ2v) is 6.22. The topological polar surface area (TPSA) is 97.3 Å². The van der Waals surface area contributed by atoms with Crippen LogP contribution in [-0.2, 0) is 4.74 Å². The summed E-state index contributed by atoms with van der Waals surface area (Å²) in [6.07, 6.45) is -1.19. The van der Waals surface area contributed by atoms with Gasteiger partial charge in [0.05, 0.1) is 0 Å². The fourth-order valence-electron chi connectivity index (χ4n) is 2.80. The Morgan fingerprint density at radius 1 is 1.26 bits per heavy atom. The molecule has 0 spiro atoms. The Balaban J connectivity index is 1.74. The van der Waals surface area contributed by atoms with E-state index in [2.05, 4.69) is 5.32 Å². The minimum atomic E-state index is -0.812. The molecule has 1 aliphatic rings. The molecule has 1 aliphatic heterocycles. The molecule has 3 rings (SSSR count). The lowest BCUT2D eigenvalue weighted by molar-refractivity contribution is 0.0665. The van der Waals surface area contributed by atoms with Gasteiger partial charge in [-0.25, -0.2) is 9.18 Å². The average Bonchev–Trinajstić information content (AvgIpc) is 3.10. The van der Waals surface area contributed by atoms with Gasteiger partial charge in [-0.2, -0.15) is 0 Å². The molecule has 1 heterocycles. The number of aliphatic hydroxyl groups is 1. The summed E-state index contributed by atoms with van der Waals surface area (Å²) in [5, 5.41) is 21.2. The van der Waals surface area contributed by atoms with Crippen molar-refractivity contribution in [1.29, 1.82) is 0 Å². The highest BCUT2D eigenvalue weighted by Crippen LogP contribution is 2.35. The van der Waals surface area contributed by atoms with Crippen molar-refractivity contribution in [3.63, 3.8) is 0 Å². The number of carbonyl (C=O) groups excluding carboxylic acids is 1. The number of amides is 1. The first kappa shape index (κ1) is 18.8. The van der Waals surface area contributed by atoms with Crippen molar-refractivity contribution in [2.45, 2.75) is 19.4 Å². The minimum Gasteiger partial charge on any atom is -0.505 e. The highest BCUT2D eigenvalue weighted by atomic mass is 19.1. The summed E-state index contributed by atoms with van der Waals surface area (Å²) >= 11 is 0. The van der Waals surface area contributed by atoms with Crippen LogP contribution >= 0.6 is 0 Å². The molecule has 144 valence electrons. The number of phenols is 1. The van der Waals surface area contributed by atoms with E-state index in [0.717, 1.165) is 6.07 Å². The molecule has 7 nitrogen and oxygen atoms in total. The van der Waals surface area contributed by atoms with Crippen LogP contribution in [0.1, 0.15) is 25.0 Å². The second-order valence-electron chi connectivity index (χ2n) is 6.22. The molecule has 3 N–H and O–H groups in total. The zero-order valence-electron chi connectivity index (χ0n) is 14.6. The Morgan fingerprint density at radius 3 is 2.78 bits per heavy atom. The van der Waals surface area contributed by atoms with Gasteiger partial charge in [-0.1, -0.05) is 13.0 Å². The number of rotatable bonds is 6. The molecule has 0 bridgehead atoms. The number of ether oxygens (including phenoxy) is 3. The molecule has 0 aliphatic carbocycles. The van der Waals surface area contributed by atoms with Crippen molar-refractivity contribution in [2.24, 2.45) is 5.92 Å². The van der Waals surface area contributed by atoms with Crippen molar-refractivity contribution in [3.05, 3.63) is 47.8 Å². The van der Waals surface area contributed by atoms with Gasteiger partial charge in [0.1, 0.15) is 6.10 Å². The molecular formula is C19H20FNO6. The zero-order chi connectivity index (χ0) is 19.4. The smallest absolute Gasteiger partial charge is 0.412 e. The van der Waals surface area contributed by atoms with Gasteiger partial charge in [0, 0.05) is 18.4 Å². The summed E-state index contributed by atoms with van der Waals surface area (Å²) in [6.45, 7) is 1.79. The summed E-state index contributed by atoms with van der Waals surface area (Å²) < 4.78 is 29.7. The highest BCUT2D eigenvalue weighted by molar-refractivity contribution is 5.85. The number of anilines is 1. The molecule has 1 amide bonds. The third-order valence-electron chi connectivity index (χ3n) is 4.25. The van der Waals surface area contributed by atoms with Crippen molar-refractivity contribution in [2.75, 3.05) is 18.7 Å². The number of halogens is 1. The Kier molecular flexibility index (Phi) is 5.66. The first-order valence-corrected chi connectivity index (χ1v) is 8.44. The number of carbonyl (C=O) groups is 1. The fourth-order valence-corrected chi connectivity index (χ4v) is 2.80. The quantitative estimate of drug-likeness (QED) is 0.712. The third-order valence-corrected chi connectivity index (χ3v) is 4.25. The van der Waals surface area contributed by atoms with Crippen LogP contribution in [0.3, 0.4) is 0 Å². The summed E-state index contributed by atoms with van der Waals surface area (Å²) in [6, 6.07) is 8.70. The monoisotopic (exact) mass is 377 g/mol. The van der Waals surface area contributed by atoms with E-state index in [1.54, 1.807) is 25.1 Å². The number of phenolic OH excluding ortho intramolecular Hbond substituents is 1. The van der Waals surface area contributed by atoms with E-state index in [-0.39, 0.29) is 19.3 Å². The van der Waals surface area contributed by atoms with Crippen molar-refractivity contribution >= 4 is 11.8 Å². The largest absolute Gasteiger partial charge is 0.505 e. The average molecular weight is 377 g/mol. The van der Waals surface area contributed by atoms with Crippen LogP contribution in [0.4, 0.5) is 14.9 Å². The lowest BCUT2D eigenvalue weighted by Crippen LogP contribution is -2.22. The maximum Gasteiger partial charge on any atom is 0.412 e. The highest BCUT2D eigenvalue weighted by Gasteiger charge is 2.25. The third kappa shape index (κ3) is 4.40. The van der Waals surface area contributed by atoms with Gasteiger partial charge in [-0.3, -0.25) is 5.32 Å². The van der Waals surface area contributed by atoms with Crippen molar-refractivity contribution in [1.82, 2.24) is 0 Å². The summed E-state index contributed by atoms with van der Waals surface area (Å²) in [5.41, 5.74) is 0.835. The Hall–Kier alpha value is -3.00. The Bertz CT molecular complexity index is 828. The standard InChI is InChI=1S/C19H20FNO6/c1-11(6-7-22)18(12-2-4-15(23)14(20)8-12)27-19(24)21-13-3-5-16-17(9-13)26-10-25-16/h2-5,8-9,11,18,22-23H,6-7,10H2,1H3,(H,21,24)/t11-,18-/m1/s1. The van der Waals surface area contributed by atoms with E-state index in [1.807, 2.05) is 0 Å². The number of benzene rings is 2. The van der Waals surface area contributed by atoms with E-state index in [1.165, 1.54) is 12.1 Å². The molecule has 0 aromatic heterocycles. The van der Waals surface area contributed by atoms with E-state index in [4.69, 9.17) is 14.2 Å². The van der Waals surface area contributed by atoms with Gasteiger partial charge in [-0.05, 0) is 42.2 Å². The molecular weight excluding hydrogens is 357 g/mol. The van der Waals surface area contributed by atoms with E-state index < -0.39 is 23.8 Å². The van der Waals surface area contributed by atoms with Crippen LogP contribution in [0, 0.1) is 11.7 Å². The molecule has 2 aromatic carbocycles. The first-order chi connectivity index (χ1) is 13.0. The van der Waals surface area contributed by atoms with Gasteiger partial charge in [0.15, 0.2) is 23.1 Å². The number of hydrogen-bond acceptors (Lipinski definition) is 6. The lowest BCUT2D eigenvalue weighted by Gasteiger charge is -2.24. The van der Waals surface area contributed by atoms with Crippen LogP contribution in [0.5, 0.6) is 17.2 Å². The van der Waals surface area contributed by atoms with E-state index in [9.17, 15) is 19.4 Å². The lowest BCUT2D eigenvalue weighted by atomic mass is 9.94. The fraction of sp³-hybridized carbons (Fsp3) is 0.316. The predicted molar refractivity (Wildman–Crippen MR) is 94.3 cm³/mol. The van der Waals surface area contributed by atoms with Crippen LogP contribution in [0.15, 0.2) is 36.4 Å². The van der Waals surface area contributed by atoms with E-state index in [0.29, 0.717) is 29.2 Å². The maximum absolute atomic E-state index is 13.7. The van der Waals surface area contributed by atoms with Crippen molar-refractivity contribution < 1.29 is 33.6 Å². The van der Waals surface area contributed by atoms with Gasteiger partial charge in [0.25, 0.3) is 0 Å². The maximum atomic E-state index is 13.7. The normalized spacial score (nSPS) is 14.5. The molecule has 2 aromatic rings. The first-order valence-electron chi connectivity index (χ1n) is 8.44. The number of aliphatic hydroxyl groups excluding tert-OH is 1. The van der Waals surface area contributed by atoms with Gasteiger partial charge in [0.2, 0.25) is 6.79 Å². The van der Waals surface area contributed by atoms with Gasteiger partial charge < -0.3 is 24.4 Å². The number of hydrogen-bond donors (Lipinski definition) is 3. The summed E-state index contributed by atoms with van der Waals surface area (Å²) in [5.74, 6) is -0.478. The number of aromatic hydroxyl groups is 1. The van der Waals surface area contributed by atoms with Crippen LogP contribution < -0.4 is 14.8 Å². The molecule has 2 atom stereocenters. The van der Waals surface area contributed by atoms with Gasteiger partial charge >= 0.3 is 6.09 Å². The zero-order valence-corrected chi connectivity index (χ0v) is 14.6. The molecule has 8 heteroatoms. The molecule has 0 saturated carbocycles. The number of fused-ring (bicyclic) bond motifs is 1. The SMILES string of the molecule is C[C@H](CCO)[C@@H](OC(=O)Nc1ccc2c(c1)OCO2)c1ccc(O)c(F)c1. The summed E-state index contributed by atoms with van der Waals surface area (Å²) in [7, 11) is 0. The molecule has 0 radical (unpaired) electrons. The molecule has 0 fully saturated rings. The molecule has 0 unspecified atom stereocenters. The van der Waals surface area contributed by atoms with E-state index >= 15 is 0 Å².